The molecule has 206 valence electrons. The number of nitrogens with zero attached hydrogens (tertiary/aromatic N) is 3. The van der Waals surface area contributed by atoms with Crippen molar-refractivity contribution < 1.29 is 23.9 Å². The number of carbonyl (C=O) groups is 4. The molecule has 3 aliphatic heterocycles. The van der Waals surface area contributed by atoms with E-state index >= 15 is 0 Å². The Morgan fingerprint density at radius 1 is 0.854 bits per heavy atom. The first-order valence-corrected chi connectivity index (χ1v) is 14.2. The Morgan fingerprint density at radius 2 is 1.39 bits per heavy atom. The average Bonchev–Trinajstić information content (AvgIpc) is 3.24. The van der Waals surface area contributed by atoms with Crippen LogP contribution in [0.15, 0.2) is 108 Å². The van der Waals surface area contributed by atoms with Gasteiger partial charge in [-0.3, -0.25) is 24.2 Å². The summed E-state index contributed by atoms with van der Waals surface area (Å²) in [5.74, 6) is -1.74. The number of carbonyl (C=O) groups excluding carboxylic acids is 4. The minimum Gasteiger partial charge on any atom is -0.448 e. The molecule has 0 aromatic heterocycles. The van der Waals surface area contributed by atoms with E-state index in [1.807, 2.05) is 79.7 Å². The van der Waals surface area contributed by atoms with Crippen molar-refractivity contribution in [2.24, 2.45) is 0 Å². The van der Waals surface area contributed by atoms with E-state index < -0.39 is 41.2 Å². The van der Waals surface area contributed by atoms with E-state index in [2.05, 4.69) is 0 Å². The third-order valence-electron chi connectivity index (χ3n) is 7.27. The van der Waals surface area contributed by atoms with E-state index in [4.69, 9.17) is 4.74 Å². The van der Waals surface area contributed by atoms with E-state index in [-0.39, 0.29) is 16.8 Å². The predicted molar refractivity (Wildman–Crippen MR) is 154 cm³/mol. The number of imide groups is 1. The molecule has 41 heavy (non-hydrogen) atoms. The number of esters is 1. The molecule has 2 atom stereocenters. The van der Waals surface area contributed by atoms with E-state index in [1.165, 1.54) is 16.7 Å². The van der Waals surface area contributed by atoms with Crippen molar-refractivity contribution in [2.45, 2.75) is 17.5 Å². The number of fused-ring (bicyclic) bond motifs is 2. The van der Waals surface area contributed by atoms with Gasteiger partial charge in [-0.2, -0.15) is 0 Å². The first kappa shape index (κ1) is 26.6. The fraction of sp³-hybridized carbons (Fsp3) is 0.188. The van der Waals surface area contributed by atoms with E-state index in [0.717, 1.165) is 16.0 Å². The number of thioether (sulfide) groups is 1. The Morgan fingerprint density at radius 3 is 1.93 bits per heavy atom. The summed E-state index contributed by atoms with van der Waals surface area (Å²) in [4.78, 5) is 58.4. The highest BCUT2D eigenvalue weighted by molar-refractivity contribution is 8.00. The lowest BCUT2D eigenvalue weighted by atomic mass is 10.00. The van der Waals surface area contributed by atoms with E-state index in [9.17, 15) is 19.2 Å². The van der Waals surface area contributed by atoms with Crippen molar-refractivity contribution in [3.8, 4) is 0 Å². The Labute approximate surface area is 241 Å². The molecule has 0 spiro atoms. The molecule has 0 N–H and O–H groups in total. The van der Waals surface area contributed by atoms with Crippen molar-refractivity contribution in [1.29, 1.82) is 0 Å². The number of amides is 3. The predicted octanol–water partition coefficient (Wildman–Crippen LogP) is 4.23. The molecular weight excluding hydrogens is 538 g/mol. The lowest BCUT2D eigenvalue weighted by Crippen LogP contribution is -2.71. The van der Waals surface area contributed by atoms with Crippen LogP contribution in [-0.4, -0.2) is 69.7 Å². The van der Waals surface area contributed by atoms with Gasteiger partial charge in [0, 0.05) is 19.8 Å². The van der Waals surface area contributed by atoms with Crippen LogP contribution in [0.4, 0.5) is 0 Å². The van der Waals surface area contributed by atoms with Gasteiger partial charge < -0.3 is 9.64 Å². The number of β-lactam (4-membered cyclic amide) rings is 1. The van der Waals surface area contributed by atoms with Crippen molar-refractivity contribution in [3.05, 3.63) is 131 Å². The van der Waals surface area contributed by atoms with Crippen molar-refractivity contribution in [2.75, 3.05) is 19.8 Å². The van der Waals surface area contributed by atoms with Gasteiger partial charge in [0.05, 0.1) is 11.1 Å². The Hall–Kier alpha value is -4.63. The third kappa shape index (κ3) is 4.62. The van der Waals surface area contributed by atoms with Crippen LogP contribution in [0.5, 0.6) is 0 Å². The lowest BCUT2D eigenvalue weighted by molar-refractivity contribution is -0.155. The van der Waals surface area contributed by atoms with Crippen molar-refractivity contribution in [3.63, 3.8) is 0 Å². The standard InChI is InChI=1S/C32H27N3O5S/c1-33(2)18-17-22-19-41-31-26(34-28(36)23-15-9-10-16-24(23)29(34)37)30(38)35(31)25(22)32(39)40-27(20-11-5-3-6-12-20)21-13-7-4-8-14-21/h3-18,26-27,31H,19H2,1-2H3/b18-17+. The highest BCUT2D eigenvalue weighted by atomic mass is 32.2. The summed E-state index contributed by atoms with van der Waals surface area (Å²) in [6, 6.07) is 24.4. The van der Waals surface area contributed by atoms with Crippen LogP contribution in [0.25, 0.3) is 0 Å². The largest absolute Gasteiger partial charge is 0.448 e. The maximum Gasteiger partial charge on any atom is 0.356 e. The fourth-order valence-electron chi connectivity index (χ4n) is 5.29. The molecule has 3 aliphatic rings. The summed E-state index contributed by atoms with van der Waals surface area (Å²) < 4.78 is 6.16. The summed E-state index contributed by atoms with van der Waals surface area (Å²) in [6.45, 7) is 0. The van der Waals surface area contributed by atoms with Crippen molar-refractivity contribution in [1.82, 2.24) is 14.7 Å². The molecule has 0 saturated carbocycles. The highest BCUT2D eigenvalue weighted by Gasteiger charge is 2.60. The van der Waals surface area contributed by atoms with E-state index in [0.29, 0.717) is 11.3 Å². The molecule has 3 amide bonds. The number of rotatable bonds is 7. The van der Waals surface area contributed by atoms with Gasteiger partial charge in [-0.05, 0) is 41.1 Å². The number of allylic oxidation sites excluding steroid dienone is 1. The van der Waals surface area contributed by atoms with Crippen LogP contribution in [0.2, 0.25) is 0 Å². The maximum atomic E-state index is 14.0. The Balaban J connectivity index is 1.34. The smallest absolute Gasteiger partial charge is 0.356 e. The van der Waals surface area contributed by atoms with Gasteiger partial charge in [0.15, 0.2) is 6.10 Å². The molecule has 2 unspecified atom stereocenters. The number of hydrogen-bond donors (Lipinski definition) is 0. The van der Waals surface area contributed by atoms with Gasteiger partial charge >= 0.3 is 5.97 Å². The third-order valence-corrected chi connectivity index (χ3v) is 8.56. The number of hydrogen-bond acceptors (Lipinski definition) is 7. The second-order valence-corrected chi connectivity index (χ2v) is 11.2. The summed E-state index contributed by atoms with van der Waals surface area (Å²) in [5.41, 5.74) is 2.89. The fourth-order valence-corrected chi connectivity index (χ4v) is 6.65. The zero-order chi connectivity index (χ0) is 28.7. The Bertz CT molecular complexity index is 1530. The highest BCUT2D eigenvalue weighted by Crippen LogP contribution is 2.45. The quantitative estimate of drug-likeness (QED) is 0.241. The van der Waals surface area contributed by atoms with Gasteiger partial charge in [0.25, 0.3) is 17.7 Å². The first-order chi connectivity index (χ1) is 19.9. The van der Waals surface area contributed by atoms with Crippen LogP contribution >= 0.6 is 11.8 Å². The normalized spacial score (nSPS) is 19.9. The average molecular weight is 566 g/mol. The van der Waals surface area contributed by atoms with Crippen LogP contribution < -0.4 is 0 Å². The van der Waals surface area contributed by atoms with E-state index in [1.54, 1.807) is 36.5 Å². The van der Waals surface area contributed by atoms with Crippen LogP contribution in [-0.2, 0) is 14.3 Å². The molecular formula is C32H27N3O5S. The molecule has 0 bridgehead atoms. The topological polar surface area (TPSA) is 87.2 Å². The molecule has 3 heterocycles. The molecule has 0 aliphatic carbocycles. The molecule has 8 nitrogen and oxygen atoms in total. The van der Waals surface area contributed by atoms with Gasteiger partial charge in [-0.25, -0.2) is 4.79 Å². The SMILES string of the molecule is CN(C)/C=C/C1=C(C(=O)OC(c2ccccc2)c2ccccc2)N2C(=O)C(N3C(=O)c4ccccc4C3=O)C2SC1. The molecule has 3 aromatic carbocycles. The first-order valence-electron chi connectivity index (χ1n) is 13.2. The lowest BCUT2D eigenvalue weighted by Gasteiger charge is -2.51. The molecule has 0 radical (unpaired) electrons. The summed E-state index contributed by atoms with van der Waals surface area (Å²) in [7, 11) is 3.73. The minimum atomic E-state index is -1.01. The Kier molecular flexibility index (Phi) is 6.96. The maximum absolute atomic E-state index is 14.0. The number of ether oxygens (including phenoxy) is 1. The number of benzene rings is 3. The minimum absolute atomic E-state index is 0.126. The second kappa shape index (κ2) is 10.7. The summed E-state index contributed by atoms with van der Waals surface area (Å²) >= 11 is 1.41. The summed E-state index contributed by atoms with van der Waals surface area (Å²) in [6.07, 6.45) is 2.90. The molecule has 1 saturated heterocycles. The van der Waals surface area contributed by atoms with Crippen LogP contribution in [0, 0.1) is 0 Å². The monoisotopic (exact) mass is 565 g/mol. The van der Waals surface area contributed by atoms with Gasteiger partial charge in [0.2, 0.25) is 0 Å². The molecule has 9 heteroatoms. The second-order valence-electron chi connectivity index (χ2n) is 10.1. The summed E-state index contributed by atoms with van der Waals surface area (Å²) in [5, 5.41) is -0.601. The van der Waals surface area contributed by atoms with Gasteiger partial charge in [-0.15, -0.1) is 11.8 Å². The van der Waals surface area contributed by atoms with Gasteiger partial charge in [0.1, 0.15) is 17.1 Å². The zero-order valence-corrected chi connectivity index (χ0v) is 23.3. The molecule has 6 rings (SSSR count). The van der Waals surface area contributed by atoms with Crippen LogP contribution in [0.3, 0.4) is 0 Å². The van der Waals surface area contributed by atoms with Gasteiger partial charge in [-0.1, -0.05) is 72.8 Å². The molecule has 3 aromatic rings. The zero-order valence-electron chi connectivity index (χ0n) is 22.5. The van der Waals surface area contributed by atoms with Crippen molar-refractivity contribution >= 4 is 35.5 Å². The molecule has 1 fully saturated rings. The van der Waals surface area contributed by atoms with Crippen LogP contribution in [0.1, 0.15) is 37.9 Å².